The molecule has 5 heteroatoms. The molecular weight excluding hydrogens is 282 g/mol. The van der Waals surface area contributed by atoms with Gasteiger partial charge in [-0.25, -0.2) is 4.98 Å². The molecule has 0 aliphatic rings. The summed E-state index contributed by atoms with van der Waals surface area (Å²) in [5.74, 6) is 2.01. The third-order valence-corrected chi connectivity index (χ3v) is 3.87. The monoisotopic (exact) mass is 299 g/mol. The Morgan fingerprint density at radius 1 is 1.14 bits per heavy atom. The summed E-state index contributed by atoms with van der Waals surface area (Å²) in [6.07, 6.45) is 1.03. The molecule has 1 N–H and O–H groups in total. The van der Waals surface area contributed by atoms with Crippen LogP contribution in [0.25, 0.3) is 10.2 Å². The van der Waals surface area contributed by atoms with Crippen LogP contribution in [0.5, 0.6) is 11.6 Å². The lowest BCUT2D eigenvalue weighted by Crippen LogP contribution is -2.04. The lowest BCUT2D eigenvalue weighted by atomic mass is 10.2. The number of nitrogens with zero attached hydrogens (tertiary/aromatic N) is 2. The number of hydrogen-bond acceptors (Lipinski definition) is 5. The van der Waals surface area contributed by atoms with E-state index in [1.54, 1.807) is 11.3 Å². The van der Waals surface area contributed by atoms with Crippen LogP contribution in [0.3, 0.4) is 0 Å². The molecule has 0 saturated carbocycles. The van der Waals surface area contributed by atoms with Crippen molar-refractivity contribution in [1.82, 2.24) is 9.97 Å². The van der Waals surface area contributed by atoms with Crippen LogP contribution in [0.2, 0.25) is 0 Å². The van der Waals surface area contributed by atoms with Gasteiger partial charge in [0.1, 0.15) is 10.6 Å². The SMILES string of the molecule is CCCNc1nc(Oc2ccc(C)cc2)c2ccsc2n1. The fraction of sp³-hybridized carbons (Fsp3) is 0.250. The van der Waals surface area contributed by atoms with E-state index in [1.165, 1.54) is 5.56 Å². The third-order valence-electron chi connectivity index (χ3n) is 3.06. The average molecular weight is 299 g/mol. The number of thiophene rings is 1. The van der Waals surface area contributed by atoms with Gasteiger partial charge < -0.3 is 10.1 Å². The number of rotatable bonds is 5. The zero-order chi connectivity index (χ0) is 14.7. The maximum Gasteiger partial charge on any atom is 0.232 e. The number of aryl methyl sites for hydroxylation is 1. The summed E-state index contributed by atoms with van der Waals surface area (Å²) >= 11 is 1.59. The van der Waals surface area contributed by atoms with E-state index < -0.39 is 0 Å². The molecule has 3 rings (SSSR count). The average Bonchev–Trinajstić information content (AvgIpc) is 2.96. The molecule has 0 aliphatic heterocycles. The minimum absolute atomic E-state index is 0.601. The predicted molar refractivity (Wildman–Crippen MR) is 87.4 cm³/mol. The van der Waals surface area contributed by atoms with E-state index in [4.69, 9.17) is 4.74 Å². The number of hydrogen-bond donors (Lipinski definition) is 1. The molecule has 2 aromatic heterocycles. The summed E-state index contributed by atoms with van der Waals surface area (Å²) in [6, 6.07) is 9.95. The highest BCUT2D eigenvalue weighted by atomic mass is 32.1. The van der Waals surface area contributed by atoms with Crippen molar-refractivity contribution in [2.24, 2.45) is 0 Å². The van der Waals surface area contributed by atoms with Crippen molar-refractivity contribution >= 4 is 27.5 Å². The largest absolute Gasteiger partial charge is 0.438 e. The summed E-state index contributed by atoms with van der Waals surface area (Å²) in [7, 11) is 0. The second-order valence-corrected chi connectivity index (χ2v) is 5.73. The zero-order valence-electron chi connectivity index (χ0n) is 12.1. The Morgan fingerprint density at radius 3 is 2.71 bits per heavy atom. The van der Waals surface area contributed by atoms with Gasteiger partial charge in [0.05, 0.1) is 5.39 Å². The number of aromatic nitrogens is 2. The molecule has 108 valence electrons. The first kappa shape index (κ1) is 13.8. The summed E-state index contributed by atoms with van der Waals surface area (Å²) in [5, 5.41) is 6.17. The highest BCUT2D eigenvalue weighted by Gasteiger charge is 2.10. The summed E-state index contributed by atoms with van der Waals surface area (Å²) in [4.78, 5) is 9.93. The molecule has 0 bridgehead atoms. The minimum atomic E-state index is 0.601. The molecule has 0 unspecified atom stereocenters. The second kappa shape index (κ2) is 6.10. The van der Waals surface area contributed by atoms with Gasteiger partial charge in [-0.1, -0.05) is 24.6 Å². The Balaban J connectivity index is 1.95. The molecule has 1 aromatic carbocycles. The van der Waals surface area contributed by atoms with Crippen LogP contribution < -0.4 is 10.1 Å². The van der Waals surface area contributed by atoms with E-state index in [-0.39, 0.29) is 0 Å². The first-order valence-electron chi connectivity index (χ1n) is 7.00. The minimum Gasteiger partial charge on any atom is -0.438 e. The number of benzene rings is 1. The van der Waals surface area contributed by atoms with Crippen LogP contribution in [0, 0.1) is 6.92 Å². The zero-order valence-corrected chi connectivity index (χ0v) is 12.9. The van der Waals surface area contributed by atoms with Crippen LogP contribution in [0.4, 0.5) is 5.95 Å². The number of nitrogens with one attached hydrogen (secondary N) is 1. The van der Waals surface area contributed by atoms with Crippen LogP contribution in [-0.2, 0) is 0 Å². The van der Waals surface area contributed by atoms with E-state index >= 15 is 0 Å². The Bertz CT molecular complexity index is 737. The van der Waals surface area contributed by atoms with E-state index in [0.29, 0.717) is 11.8 Å². The first-order chi connectivity index (χ1) is 10.3. The lowest BCUT2D eigenvalue weighted by molar-refractivity contribution is 0.469. The van der Waals surface area contributed by atoms with Crippen molar-refractivity contribution in [1.29, 1.82) is 0 Å². The van der Waals surface area contributed by atoms with Crippen molar-refractivity contribution in [2.75, 3.05) is 11.9 Å². The van der Waals surface area contributed by atoms with Gasteiger partial charge in [-0.3, -0.25) is 0 Å². The van der Waals surface area contributed by atoms with E-state index in [0.717, 1.165) is 28.9 Å². The Labute approximate surface area is 127 Å². The molecule has 21 heavy (non-hydrogen) atoms. The molecule has 0 radical (unpaired) electrons. The van der Waals surface area contributed by atoms with Crippen LogP contribution in [0.15, 0.2) is 35.7 Å². The van der Waals surface area contributed by atoms with Gasteiger partial charge in [0.15, 0.2) is 0 Å². The molecule has 0 saturated heterocycles. The van der Waals surface area contributed by atoms with E-state index in [9.17, 15) is 0 Å². The van der Waals surface area contributed by atoms with Gasteiger partial charge in [0.25, 0.3) is 0 Å². The van der Waals surface area contributed by atoms with Gasteiger partial charge in [-0.2, -0.15) is 4.98 Å². The molecule has 2 heterocycles. The molecule has 0 spiro atoms. The summed E-state index contributed by atoms with van der Waals surface area (Å²) < 4.78 is 5.94. The van der Waals surface area contributed by atoms with Crippen molar-refractivity contribution in [3.05, 3.63) is 41.3 Å². The molecule has 4 nitrogen and oxygen atoms in total. The molecule has 0 atom stereocenters. The topological polar surface area (TPSA) is 47.0 Å². The fourth-order valence-corrected chi connectivity index (χ4v) is 2.69. The van der Waals surface area contributed by atoms with Crippen LogP contribution in [-0.4, -0.2) is 16.5 Å². The third kappa shape index (κ3) is 3.13. The Hall–Kier alpha value is -2.14. The van der Waals surface area contributed by atoms with E-state index in [2.05, 4.69) is 29.1 Å². The number of fused-ring (bicyclic) bond motifs is 1. The quantitative estimate of drug-likeness (QED) is 0.747. The summed E-state index contributed by atoms with van der Waals surface area (Å²) in [6.45, 7) is 5.01. The highest BCUT2D eigenvalue weighted by Crippen LogP contribution is 2.31. The van der Waals surface area contributed by atoms with Crippen LogP contribution in [0.1, 0.15) is 18.9 Å². The van der Waals surface area contributed by atoms with Crippen molar-refractivity contribution in [2.45, 2.75) is 20.3 Å². The highest BCUT2D eigenvalue weighted by molar-refractivity contribution is 7.16. The Kier molecular flexibility index (Phi) is 4.01. The van der Waals surface area contributed by atoms with Gasteiger partial charge in [0.2, 0.25) is 11.8 Å². The number of ether oxygens (including phenoxy) is 1. The normalized spacial score (nSPS) is 10.8. The molecule has 3 aromatic rings. The number of anilines is 1. The van der Waals surface area contributed by atoms with Gasteiger partial charge >= 0.3 is 0 Å². The van der Waals surface area contributed by atoms with Gasteiger partial charge in [-0.15, -0.1) is 11.3 Å². The summed E-state index contributed by atoms with van der Waals surface area (Å²) in [5.41, 5.74) is 1.20. The maximum atomic E-state index is 5.94. The van der Waals surface area contributed by atoms with Crippen LogP contribution >= 0.6 is 11.3 Å². The molecule has 0 aliphatic carbocycles. The Morgan fingerprint density at radius 2 is 1.95 bits per heavy atom. The standard InChI is InChI=1S/C16H17N3OS/c1-3-9-17-16-18-14(13-8-10-21-15(13)19-16)20-12-6-4-11(2)5-7-12/h4-8,10H,3,9H2,1-2H3,(H,17,18,19). The van der Waals surface area contributed by atoms with Crippen molar-refractivity contribution < 1.29 is 4.74 Å². The molecule has 0 fully saturated rings. The van der Waals surface area contributed by atoms with E-state index in [1.807, 2.05) is 35.7 Å². The van der Waals surface area contributed by atoms with Gasteiger partial charge in [-0.05, 0) is 36.9 Å². The fourth-order valence-electron chi connectivity index (χ4n) is 1.94. The first-order valence-corrected chi connectivity index (χ1v) is 7.88. The second-order valence-electron chi connectivity index (χ2n) is 4.83. The lowest BCUT2D eigenvalue weighted by Gasteiger charge is -2.09. The molecular formula is C16H17N3OS. The smallest absolute Gasteiger partial charge is 0.232 e. The van der Waals surface area contributed by atoms with Gasteiger partial charge in [0, 0.05) is 6.54 Å². The van der Waals surface area contributed by atoms with Crippen molar-refractivity contribution in [3.8, 4) is 11.6 Å². The van der Waals surface area contributed by atoms with Crippen molar-refractivity contribution in [3.63, 3.8) is 0 Å². The predicted octanol–water partition coefficient (Wildman–Crippen LogP) is 4.61. The molecule has 0 amide bonds. The maximum absolute atomic E-state index is 5.94.